The summed E-state index contributed by atoms with van der Waals surface area (Å²) in [6.45, 7) is 1.65. The molecule has 2 amide bonds. The molecule has 214 valence electrons. The molecule has 1 atom stereocenters. The van der Waals surface area contributed by atoms with E-state index >= 15 is 0 Å². The summed E-state index contributed by atoms with van der Waals surface area (Å²) in [6, 6.07) is 15.5. The van der Waals surface area contributed by atoms with E-state index in [9.17, 15) is 14.0 Å². The Kier molecular flexibility index (Phi) is 8.71. The Labute approximate surface area is 237 Å². The molecule has 2 heterocycles. The van der Waals surface area contributed by atoms with Crippen LogP contribution in [0.3, 0.4) is 0 Å². The Morgan fingerprint density at radius 1 is 1.07 bits per heavy atom. The Morgan fingerprint density at radius 3 is 2.46 bits per heavy atom. The van der Waals surface area contributed by atoms with E-state index in [-0.39, 0.29) is 30.9 Å². The molecule has 2 aromatic carbocycles. The zero-order valence-corrected chi connectivity index (χ0v) is 23.1. The highest BCUT2D eigenvalue weighted by atomic mass is 19.1. The van der Waals surface area contributed by atoms with Crippen LogP contribution in [0.1, 0.15) is 55.0 Å². The number of carbonyl (C=O) groups is 2. The molecule has 0 aliphatic heterocycles. The van der Waals surface area contributed by atoms with Crippen molar-refractivity contribution in [3.05, 3.63) is 83.4 Å². The van der Waals surface area contributed by atoms with Gasteiger partial charge in [0.25, 0.3) is 0 Å². The zero-order chi connectivity index (χ0) is 28.8. The number of aromatic nitrogens is 4. The van der Waals surface area contributed by atoms with Crippen LogP contribution in [-0.4, -0.2) is 50.1 Å². The van der Waals surface area contributed by atoms with E-state index in [0.29, 0.717) is 22.8 Å². The highest BCUT2D eigenvalue weighted by Crippen LogP contribution is 2.27. The van der Waals surface area contributed by atoms with Crippen LogP contribution in [0, 0.1) is 12.7 Å². The average Bonchev–Trinajstić information content (AvgIpc) is 3.63. The second-order valence-electron chi connectivity index (χ2n) is 10.2. The number of amides is 2. The first-order valence-corrected chi connectivity index (χ1v) is 13.7. The molecule has 1 saturated carbocycles. The summed E-state index contributed by atoms with van der Waals surface area (Å²) >= 11 is 0. The lowest BCUT2D eigenvalue weighted by molar-refractivity contribution is -0.142. The van der Waals surface area contributed by atoms with Crippen molar-refractivity contribution in [2.45, 2.75) is 64.2 Å². The van der Waals surface area contributed by atoms with Gasteiger partial charge in [-0.25, -0.2) is 4.39 Å². The third-order valence-electron chi connectivity index (χ3n) is 7.22. The molecule has 10 nitrogen and oxygen atoms in total. The van der Waals surface area contributed by atoms with Gasteiger partial charge in [-0.1, -0.05) is 43.5 Å². The fourth-order valence-electron chi connectivity index (χ4n) is 5.07. The number of ether oxygens (including phenoxy) is 1. The van der Waals surface area contributed by atoms with Crippen molar-refractivity contribution in [2.75, 3.05) is 7.11 Å². The fourth-order valence-corrected chi connectivity index (χ4v) is 5.07. The summed E-state index contributed by atoms with van der Waals surface area (Å²) < 4.78 is 24.8. The van der Waals surface area contributed by atoms with E-state index in [1.54, 1.807) is 43.5 Å². The summed E-state index contributed by atoms with van der Waals surface area (Å²) in [5.41, 5.74) is 1.29. The van der Waals surface area contributed by atoms with Crippen LogP contribution in [0.4, 0.5) is 4.39 Å². The van der Waals surface area contributed by atoms with Crippen LogP contribution in [0.5, 0.6) is 5.75 Å². The van der Waals surface area contributed by atoms with Crippen molar-refractivity contribution in [2.24, 2.45) is 0 Å². The lowest BCUT2D eigenvalue weighted by Crippen LogP contribution is -2.47. The first-order valence-electron chi connectivity index (χ1n) is 13.7. The molecule has 0 unspecified atom stereocenters. The molecule has 0 saturated heterocycles. The quantitative estimate of drug-likeness (QED) is 0.301. The Balaban J connectivity index is 1.47. The van der Waals surface area contributed by atoms with Gasteiger partial charge in [0.1, 0.15) is 29.9 Å². The summed E-state index contributed by atoms with van der Waals surface area (Å²) in [7, 11) is 1.58. The first-order chi connectivity index (χ1) is 19.9. The van der Waals surface area contributed by atoms with Gasteiger partial charge >= 0.3 is 0 Å². The second kappa shape index (κ2) is 12.8. The Hall–Kier alpha value is -4.54. The topological polar surface area (TPSA) is 115 Å². The number of methoxy groups -OCH3 is 1. The molecular formula is C30H33FN6O4. The maximum absolute atomic E-state index is 14.0. The van der Waals surface area contributed by atoms with Crippen LogP contribution >= 0.6 is 0 Å². The van der Waals surface area contributed by atoms with E-state index in [1.807, 2.05) is 19.1 Å². The molecule has 4 aromatic rings. The Bertz CT molecular complexity index is 1460. The van der Waals surface area contributed by atoms with E-state index in [4.69, 9.17) is 9.15 Å². The van der Waals surface area contributed by atoms with Crippen LogP contribution in [0.15, 0.2) is 65.1 Å². The number of hydrogen-bond acceptors (Lipinski definition) is 7. The number of nitrogens with one attached hydrogen (secondary N) is 1. The van der Waals surface area contributed by atoms with Crippen molar-refractivity contribution in [3.63, 3.8) is 0 Å². The third-order valence-corrected chi connectivity index (χ3v) is 7.22. The van der Waals surface area contributed by atoms with Gasteiger partial charge < -0.3 is 19.4 Å². The summed E-state index contributed by atoms with van der Waals surface area (Å²) in [4.78, 5) is 30.5. The number of halogens is 1. The number of benzene rings is 2. The SMILES string of the molecule is COc1ccc(CN(C(=O)Cn2nnc(-c3ccc(C)o3)n2)[C@H](C(=O)NC2CCCCC2)c2ccc(F)cc2)cc1. The van der Waals surface area contributed by atoms with Gasteiger partial charge in [0.05, 0.1) is 7.11 Å². The maximum Gasteiger partial charge on any atom is 0.247 e. The van der Waals surface area contributed by atoms with Crippen molar-refractivity contribution in [1.29, 1.82) is 0 Å². The van der Waals surface area contributed by atoms with Gasteiger partial charge in [-0.05, 0) is 72.5 Å². The van der Waals surface area contributed by atoms with Gasteiger partial charge in [0.2, 0.25) is 17.6 Å². The lowest BCUT2D eigenvalue weighted by Gasteiger charge is -2.33. The minimum Gasteiger partial charge on any atom is -0.497 e. The molecule has 41 heavy (non-hydrogen) atoms. The number of hydrogen-bond donors (Lipinski definition) is 1. The van der Waals surface area contributed by atoms with E-state index in [0.717, 1.165) is 37.7 Å². The molecule has 1 aliphatic rings. The molecule has 5 rings (SSSR count). The smallest absolute Gasteiger partial charge is 0.247 e. The fraction of sp³-hybridized carbons (Fsp3) is 0.367. The molecule has 0 radical (unpaired) electrons. The monoisotopic (exact) mass is 560 g/mol. The van der Waals surface area contributed by atoms with Gasteiger partial charge in [-0.2, -0.15) is 4.80 Å². The van der Waals surface area contributed by atoms with Crippen molar-refractivity contribution < 1.29 is 23.1 Å². The molecule has 11 heteroatoms. The highest BCUT2D eigenvalue weighted by Gasteiger charge is 2.33. The largest absolute Gasteiger partial charge is 0.497 e. The molecular weight excluding hydrogens is 527 g/mol. The predicted octanol–water partition coefficient (Wildman–Crippen LogP) is 4.61. The molecule has 0 spiro atoms. The molecule has 1 aliphatic carbocycles. The van der Waals surface area contributed by atoms with Crippen LogP contribution < -0.4 is 10.1 Å². The molecule has 1 N–H and O–H groups in total. The Morgan fingerprint density at radius 2 is 1.80 bits per heavy atom. The van der Waals surface area contributed by atoms with Crippen LogP contribution in [0.25, 0.3) is 11.6 Å². The number of tetrazole rings is 1. The number of furan rings is 1. The standard InChI is InChI=1S/C30H33FN6O4/c1-20-8-17-26(41-20)29-33-35-37(34-29)19-27(38)36(18-21-9-15-25(40-2)16-10-21)28(22-11-13-23(31)14-12-22)30(39)32-24-6-4-3-5-7-24/h8-17,24,28H,3-7,18-19H2,1-2H3,(H,32,39)/t28-/m0/s1. The lowest BCUT2D eigenvalue weighted by atomic mass is 9.94. The van der Waals surface area contributed by atoms with Crippen LogP contribution in [0.2, 0.25) is 0 Å². The minimum atomic E-state index is -1.01. The van der Waals surface area contributed by atoms with Gasteiger partial charge in [0.15, 0.2) is 5.76 Å². The predicted molar refractivity (Wildman–Crippen MR) is 148 cm³/mol. The number of nitrogens with zero attached hydrogens (tertiary/aromatic N) is 5. The minimum absolute atomic E-state index is 0.0217. The van der Waals surface area contributed by atoms with Crippen molar-refractivity contribution >= 4 is 11.8 Å². The number of carbonyl (C=O) groups excluding carboxylic acids is 2. The average molecular weight is 561 g/mol. The normalized spacial score (nSPS) is 14.4. The van der Waals surface area contributed by atoms with Crippen molar-refractivity contribution in [1.82, 2.24) is 30.4 Å². The van der Waals surface area contributed by atoms with Crippen LogP contribution in [-0.2, 0) is 22.7 Å². The molecule has 2 aromatic heterocycles. The van der Waals surface area contributed by atoms with E-state index in [2.05, 4.69) is 20.7 Å². The highest BCUT2D eigenvalue weighted by molar-refractivity contribution is 5.89. The number of rotatable bonds is 10. The number of aryl methyl sites for hydroxylation is 1. The van der Waals surface area contributed by atoms with Gasteiger partial charge in [0, 0.05) is 12.6 Å². The van der Waals surface area contributed by atoms with Gasteiger partial charge in [-0.15, -0.1) is 10.2 Å². The second-order valence-corrected chi connectivity index (χ2v) is 10.2. The van der Waals surface area contributed by atoms with E-state index in [1.165, 1.54) is 21.8 Å². The summed E-state index contributed by atoms with van der Waals surface area (Å²) in [6.07, 6.45) is 4.98. The van der Waals surface area contributed by atoms with Gasteiger partial charge in [-0.3, -0.25) is 9.59 Å². The molecule has 0 bridgehead atoms. The maximum atomic E-state index is 14.0. The van der Waals surface area contributed by atoms with E-state index < -0.39 is 17.8 Å². The summed E-state index contributed by atoms with van der Waals surface area (Å²) in [5, 5.41) is 15.5. The third kappa shape index (κ3) is 6.97. The summed E-state index contributed by atoms with van der Waals surface area (Å²) in [5.74, 6) is 0.899. The first kappa shape index (κ1) is 28.0. The zero-order valence-electron chi connectivity index (χ0n) is 23.1. The van der Waals surface area contributed by atoms with Crippen molar-refractivity contribution in [3.8, 4) is 17.3 Å². The molecule has 1 fully saturated rings.